The normalized spacial score (nSPS) is 26.0. The van der Waals surface area contributed by atoms with Gasteiger partial charge in [0.05, 0.1) is 5.69 Å². The van der Waals surface area contributed by atoms with Gasteiger partial charge in [0.15, 0.2) is 10.8 Å². The number of hydrogen-bond acceptors (Lipinski definition) is 5. The minimum atomic E-state index is -1.02. The van der Waals surface area contributed by atoms with Crippen LogP contribution in [0.1, 0.15) is 25.1 Å². The predicted molar refractivity (Wildman–Crippen MR) is 91.8 cm³/mol. The lowest BCUT2D eigenvalue weighted by molar-refractivity contribution is -0.0887. The molecular weight excluding hydrogens is 357 g/mol. The summed E-state index contributed by atoms with van der Waals surface area (Å²) in [5.74, 6) is 0.809. The molecule has 0 aliphatic heterocycles. The first-order chi connectivity index (χ1) is 12.5. The summed E-state index contributed by atoms with van der Waals surface area (Å²) >= 11 is 1.41. The Kier molecular flexibility index (Phi) is 3.03. The number of aromatic nitrogens is 4. The Morgan fingerprint density at radius 2 is 2.04 bits per heavy atom. The first-order valence-electron chi connectivity index (χ1n) is 8.14. The molecule has 132 valence electrons. The van der Waals surface area contributed by atoms with Gasteiger partial charge in [0.1, 0.15) is 11.6 Å². The zero-order chi connectivity index (χ0) is 17.9. The first-order valence-corrected chi connectivity index (χ1v) is 9.02. The Labute approximate surface area is 151 Å². The van der Waals surface area contributed by atoms with E-state index in [1.54, 1.807) is 29.0 Å². The van der Waals surface area contributed by atoms with Crippen LogP contribution in [0.3, 0.4) is 0 Å². The number of thiazole rings is 1. The Morgan fingerprint density at radius 3 is 2.69 bits per heavy atom. The average molecular weight is 371 g/mol. The molecule has 2 heterocycles. The maximum atomic E-state index is 14.5. The van der Waals surface area contributed by atoms with Gasteiger partial charge in [-0.2, -0.15) is 0 Å². The lowest BCUT2D eigenvalue weighted by Gasteiger charge is -2.69. The van der Waals surface area contributed by atoms with E-state index < -0.39 is 6.09 Å². The highest BCUT2D eigenvalue weighted by Gasteiger charge is 2.71. The van der Waals surface area contributed by atoms with Crippen LogP contribution in [0.4, 0.5) is 9.18 Å². The van der Waals surface area contributed by atoms with Crippen LogP contribution >= 0.6 is 11.3 Å². The van der Waals surface area contributed by atoms with E-state index in [2.05, 4.69) is 20.5 Å². The zero-order valence-corrected chi connectivity index (χ0v) is 14.3. The minimum absolute atomic E-state index is 0.271. The molecule has 26 heavy (non-hydrogen) atoms. The topological polar surface area (TPSA) is 92.9 Å². The van der Waals surface area contributed by atoms with Gasteiger partial charge in [-0.25, -0.2) is 14.2 Å². The molecule has 0 saturated heterocycles. The van der Waals surface area contributed by atoms with Crippen molar-refractivity contribution >= 4 is 17.4 Å². The molecule has 9 heteroatoms. The molecule has 1 aromatic carbocycles. The van der Waals surface area contributed by atoms with Gasteiger partial charge in [-0.3, -0.25) is 4.57 Å². The van der Waals surface area contributed by atoms with Crippen LogP contribution in [0.5, 0.6) is 0 Å². The van der Waals surface area contributed by atoms with E-state index >= 15 is 0 Å². The van der Waals surface area contributed by atoms with E-state index in [0.717, 1.165) is 0 Å². The Morgan fingerprint density at radius 1 is 1.27 bits per heavy atom. The SMILES string of the molecule is O=C(O)NC12CC(c3nnc(-c4nccs4)n3-c3ccccc3F)(C1)C2. The van der Waals surface area contributed by atoms with E-state index in [-0.39, 0.29) is 16.8 Å². The van der Waals surface area contributed by atoms with Crippen molar-refractivity contribution < 1.29 is 14.3 Å². The fraction of sp³-hybridized carbons (Fsp3) is 0.294. The van der Waals surface area contributed by atoms with Crippen LogP contribution in [0, 0.1) is 5.82 Å². The van der Waals surface area contributed by atoms with E-state index in [0.29, 0.717) is 41.6 Å². The first kappa shape index (κ1) is 15.4. The van der Waals surface area contributed by atoms with E-state index in [1.165, 1.54) is 17.4 Å². The Balaban J connectivity index is 1.60. The predicted octanol–water partition coefficient (Wildman–Crippen LogP) is 2.97. The second kappa shape index (κ2) is 5.10. The van der Waals surface area contributed by atoms with Gasteiger partial charge in [-0.05, 0) is 31.4 Å². The molecule has 3 aliphatic rings. The zero-order valence-electron chi connectivity index (χ0n) is 13.5. The van der Waals surface area contributed by atoms with Crippen molar-refractivity contribution in [1.82, 2.24) is 25.1 Å². The van der Waals surface area contributed by atoms with Gasteiger partial charge >= 0.3 is 6.09 Å². The van der Waals surface area contributed by atoms with Gasteiger partial charge in [0, 0.05) is 22.5 Å². The van der Waals surface area contributed by atoms with Crippen molar-refractivity contribution in [3.63, 3.8) is 0 Å². The average Bonchev–Trinajstić information content (AvgIpc) is 3.19. The summed E-state index contributed by atoms with van der Waals surface area (Å²) in [7, 11) is 0. The third kappa shape index (κ3) is 2.03. The standard InChI is InChI=1S/C17H14FN5O2S/c18-10-3-1-2-4-11(10)23-12(13-19-5-6-26-13)21-22-14(23)16-7-17(8-16,9-16)20-15(24)25/h1-6,20H,7-9H2,(H,24,25). The molecule has 0 atom stereocenters. The number of rotatable bonds is 4. The van der Waals surface area contributed by atoms with E-state index in [9.17, 15) is 9.18 Å². The van der Waals surface area contributed by atoms with E-state index in [4.69, 9.17) is 5.11 Å². The molecule has 0 unspecified atom stereocenters. The smallest absolute Gasteiger partial charge is 0.405 e. The van der Waals surface area contributed by atoms with Crippen molar-refractivity contribution in [3.05, 3.63) is 47.5 Å². The molecule has 2 aromatic heterocycles. The van der Waals surface area contributed by atoms with Crippen LogP contribution in [0.2, 0.25) is 0 Å². The maximum absolute atomic E-state index is 14.5. The summed E-state index contributed by atoms with van der Waals surface area (Å²) < 4.78 is 16.3. The summed E-state index contributed by atoms with van der Waals surface area (Å²) in [5.41, 5.74) is -0.269. The lowest BCUT2D eigenvalue weighted by atomic mass is 9.39. The highest BCUT2D eigenvalue weighted by atomic mass is 32.1. The van der Waals surface area contributed by atoms with Crippen molar-refractivity contribution in [2.45, 2.75) is 30.2 Å². The minimum Gasteiger partial charge on any atom is -0.465 e. The fourth-order valence-corrected chi connectivity index (χ4v) is 4.96. The third-order valence-corrected chi connectivity index (χ3v) is 6.03. The lowest BCUT2D eigenvalue weighted by Crippen LogP contribution is -2.77. The largest absolute Gasteiger partial charge is 0.465 e. The van der Waals surface area contributed by atoms with Crippen LogP contribution in [-0.2, 0) is 5.41 Å². The van der Waals surface area contributed by atoms with E-state index in [1.807, 2.05) is 5.38 Å². The third-order valence-electron chi connectivity index (χ3n) is 5.26. The second-order valence-electron chi connectivity index (χ2n) is 6.99. The number of benzene rings is 1. The number of carboxylic acid groups (broad SMARTS) is 1. The number of nitrogens with one attached hydrogen (secondary N) is 1. The monoisotopic (exact) mass is 371 g/mol. The van der Waals surface area contributed by atoms with Gasteiger partial charge in [-0.15, -0.1) is 21.5 Å². The highest BCUT2D eigenvalue weighted by Crippen LogP contribution is 2.67. The summed E-state index contributed by atoms with van der Waals surface area (Å²) in [5, 5.41) is 22.7. The van der Waals surface area contributed by atoms with Gasteiger partial charge in [-0.1, -0.05) is 12.1 Å². The van der Waals surface area contributed by atoms with Crippen molar-refractivity contribution in [2.75, 3.05) is 0 Å². The number of para-hydroxylation sites is 1. The summed E-state index contributed by atoms with van der Waals surface area (Å²) in [4.78, 5) is 15.3. The number of hydrogen-bond donors (Lipinski definition) is 2. The molecule has 2 bridgehead atoms. The molecular formula is C17H14FN5O2S. The molecule has 0 spiro atoms. The van der Waals surface area contributed by atoms with Crippen LogP contribution < -0.4 is 5.32 Å². The van der Waals surface area contributed by atoms with Crippen molar-refractivity contribution in [1.29, 1.82) is 0 Å². The van der Waals surface area contributed by atoms with Gasteiger partial charge in [0.25, 0.3) is 0 Å². The molecule has 2 N–H and O–H groups in total. The summed E-state index contributed by atoms with van der Waals surface area (Å²) in [6.45, 7) is 0. The van der Waals surface area contributed by atoms with Crippen LogP contribution in [0.25, 0.3) is 16.5 Å². The maximum Gasteiger partial charge on any atom is 0.405 e. The number of nitrogens with zero attached hydrogens (tertiary/aromatic N) is 4. The second-order valence-corrected chi connectivity index (χ2v) is 7.89. The molecule has 3 aliphatic carbocycles. The van der Waals surface area contributed by atoms with Crippen LogP contribution in [-0.4, -0.2) is 36.5 Å². The van der Waals surface area contributed by atoms with Crippen molar-refractivity contribution in [3.8, 4) is 16.5 Å². The number of halogens is 1. The summed E-state index contributed by atoms with van der Waals surface area (Å²) in [6, 6.07) is 6.50. The molecule has 7 nitrogen and oxygen atoms in total. The molecule has 3 saturated carbocycles. The Hall–Kier alpha value is -2.81. The Bertz CT molecular complexity index is 996. The summed E-state index contributed by atoms with van der Waals surface area (Å²) in [6.07, 6.45) is 2.61. The molecule has 0 radical (unpaired) electrons. The molecule has 6 rings (SSSR count). The number of carbonyl (C=O) groups is 1. The van der Waals surface area contributed by atoms with Crippen molar-refractivity contribution in [2.24, 2.45) is 0 Å². The molecule has 1 amide bonds. The van der Waals surface area contributed by atoms with Crippen LogP contribution in [0.15, 0.2) is 35.8 Å². The highest BCUT2D eigenvalue weighted by molar-refractivity contribution is 7.13. The van der Waals surface area contributed by atoms with Gasteiger partial charge < -0.3 is 10.4 Å². The van der Waals surface area contributed by atoms with Gasteiger partial charge in [0.2, 0.25) is 0 Å². The molecule has 3 aromatic rings. The quantitative estimate of drug-likeness (QED) is 0.735. The molecule has 3 fully saturated rings. The number of amides is 1. The fourth-order valence-electron chi connectivity index (χ4n) is 4.35.